The van der Waals surface area contributed by atoms with Crippen LogP contribution in [-0.4, -0.2) is 25.2 Å². The quantitative estimate of drug-likeness (QED) is 0.559. The Morgan fingerprint density at radius 1 is 1.60 bits per heavy atom. The van der Waals surface area contributed by atoms with Gasteiger partial charge in [0.25, 0.3) is 0 Å². The Labute approximate surface area is 60.7 Å². The van der Waals surface area contributed by atoms with Gasteiger partial charge in [0.05, 0.1) is 0 Å². The van der Waals surface area contributed by atoms with E-state index in [0.717, 1.165) is 0 Å². The van der Waals surface area contributed by atoms with Gasteiger partial charge in [-0.1, -0.05) is 13.8 Å². The van der Waals surface area contributed by atoms with E-state index in [1.165, 1.54) is 0 Å². The van der Waals surface area contributed by atoms with Crippen molar-refractivity contribution in [1.29, 1.82) is 0 Å². The van der Waals surface area contributed by atoms with E-state index in [9.17, 15) is 4.79 Å². The summed E-state index contributed by atoms with van der Waals surface area (Å²) in [5.74, 6) is 0.288. The molecule has 1 aliphatic rings. The Morgan fingerprint density at radius 3 is 2.40 bits per heavy atom. The maximum Gasteiger partial charge on any atom is 0.327 e. The first kappa shape index (κ1) is 7.54. The minimum absolute atomic E-state index is 0.0694. The standard InChI is InChI=1S/C7H13NO2/c1-4(2)6-5(8-3)7(9)10-6/h4-6,8H,1-3H3/t5-,6?/m1/s1. The molecule has 0 spiro atoms. The first-order chi connectivity index (χ1) is 4.66. The average molecular weight is 143 g/mol. The molecule has 0 aromatic rings. The summed E-state index contributed by atoms with van der Waals surface area (Å²) in [5.41, 5.74) is 0. The molecule has 0 radical (unpaired) electrons. The van der Waals surface area contributed by atoms with Crippen LogP contribution in [0.4, 0.5) is 0 Å². The summed E-state index contributed by atoms with van der Waals surface area (Å²) >= 11 is 0. The van der Waals surface area contributed by atoms with Crippen molar-refractivity contribution in [3.8, 4) is 0 Å². The number of nitrogens with one attached hydrogen (secondary N) is 1. The Hall–Kier alpha value is -0.570. The molecule has 0 aromatic carbocycles. The van der Waals surface area contributed by atoms with Crippen LogP contribution >= 0.6 is 0 Å². The number of hydrogen-bond acceptors (Lipinski definition) is 3. The minimum atomic E-state index is -0.124. The van der Waals surface area contributed by atoms with Gasteiger partial charge in [-0.15, -0.1) is 0 Å². The maximum atomic E-state index is 10.7. The summed E-state index contributed by atoms with van der Waals surface area (Å²) in [6.45, 7) is 4.09. The van der Waals surface area contributed by atoms with Crippen molar-refractivity contribution < 1.29 is 9.53 Å². The summed E-state index contributed by atoms with van der Waals surface area (Å²) in [6.07, 6.45) is 0.0810. The monoisotopic (exact) mass is 143 g/mol. The van der Waals surface area contributed by atoms with Crippen LogP contribution < -0.4 is 5.32 Å². The lowest BCUT2D eigenvalue weighted by molar-refractivity contribution is -0.181. The van der Waals surface area contributed by atoms with Crippen LogP contribution in [0.2, 0.25) is 0 Å². The lowest BCUT2D eigenvalue weighted by atomic mass is 9.95. The highest BCUT2D eigenvalue weighted by molar-refractivity contribution is 5.82. The van der Waals surface area contributed by atoms with E-state index in [-0.39, 0.29) is 18.1 Å². The number of ether oxygens (including phenoxy) is 1. The predicted octanol–water partition coefficient (Wildman–Crippen LogP) is 0.156. The number of rotatable bonds is 2. The molecular weight excluding hydrogens is 130 g/mol. The van der Waals surface area contributed by atoms with E-state index in [0.29, 0.717) is 5.92 Å². The molecule has 0 aliphatic carbocycles. The first-order valence-electron chi connectivity index (χ1n) is 3.54. The zero-order valence-electron chi connectivity index (χ0n) is 6.55. The summed E-state index contributed by atoms with van der Waals surface area (Å²) in [4.78, 5) is 10.7. The molecule has 0 amide bonds. The van der Waals surface area contributed by atoms with Crippen molar-refractivity contribution in [1.82, 2.24) is 5.32 Å². The number of likely N-dealkylation sites (N-methyl/N-ethyl adjacent to an activating group) is 1. The molecule has 10 heavy (non-hydrogen) atoms. The fraction of sp³-hybridized carbons (Fsp3) is 0.857. The molecular formula is C7H13NO2. The number of carbonyl (C=O) groups excluding carboxylic acids is 1. The third-order valence-electron chi connectivity index (χ3n) is 1.80. The van der Waals surface area contributed by atoms with E-state index < -0.39 is 0 Å². The minimum Gasteiger partial charge on any atom is -0.459 e. The van der Waals surface area contributed by atoms with Gasteiger partial charge >= 0.3 is 5.97 Å². The number of cyclic esters (lactones) is 1. The van der Waals surface area contributed by atoms with Crippen molar-refractivity contribution in [2.24, 2.45) is 5.92 Å². The highest BCUT2D eigenvalue weighted by Crippen LogP contribution is 2.21. The van der Waals surface area contributed by atoms with Crippen molar-refractivity contribution in [2.45, 2.75) is 26.0 Å². The van der Waals surface area contributed by atoms with E-state index >= 15 is 0 Å². The van der Waals surface area contributed by atoms with Crippen LogP contribution in [-0.2, 0) is 9.53 Å². The average Bonchev–Trinajstić information content (AvgIpc) is 1.83. The van der Waals surface area contributed by atoms with E-state index in [2.05, 4.69) is 5.32 Å². The molecule has 3 nitrogen and oxygen atoms in total. The highest BCUT2D eigenvalue weighted by atomic mass is 16.6. The Balaban J connectivity index is 2.45. The molecule has 1 fully saturated rings. The van der Waals surface area contributed by atoms with Gasteiger partial charge in [-0.3, -0.25) is 4.79 Å². The van der Waals surface area contributed by atoms with Crippen LogP contribution in [0.3, 0.4) is 0 Å². The number of carbonyl (C=O) groups is 1. The SMILES string of the molecule is CN[C@H]1C(=O)OC1C(C)C. The second kappa shape index (κ2) is 2.58. The third-order valence-corrected chi connectivity index (χ3v) is 1.80. The Bertz CT molecular complexity index is 145. The van der Waals surface area contributed by atoms with Crippen LogP contribution in [0.15, 0.2) is 0 Å². The number of hydrogen-bond donors (Lipinski definition) is 1. The smallest absolute Gasteiger partial charge is 0.327 e. The van der Waals surface area contributed by atoms with Crippen molar-refractivity contribution in [2.75, 3.05) is 7.05 Å². The first-order valence-corrected chi connectivity index (χ1v) is 3.54. The lowest BCUT2D eigenvalue weighted by Crippen LogP contribution is -2.59. The fourth-order valence-corrected chi connectivity index (χ4v) is 1.14. The van der Waals surface area contributed by atoms with Crippen molar-refractivity contribution >= 4 is 5.97 Å². The van der Waals surface area contributed by atoms with Crippen LogP contribution in [0, 0.1) is 5.92 Å². The molecule has 58 valence electrons. The molecule has 0 bridgehead atoms. The van der Waals surface area contributed by atoms with Crippen LogP contribution in [0.25, 0.3) is 0 Å². The molecule has 0 saturated carbocycles. The summed E-state index contributed by atoms with van der Waals surface area (Å²) in [7, 11) is 1.78. The van der Waals surface area contributed by atoms with Crippen LogP contribution in [0.5, 0.6) is 0 Å². The maximum absolute atomic E-state index is 10.7. The zero-order chi connectivity index (χ0) is 7.72. The highest BCUT2D eigenvalue weighted by Gasteiger charge is 2.42. The largest absolute Gasteiger partial charge is 0.459 e. The fourth-order valence-electron chi connectivity index (χ4n) is 1.14. The second-order valence-electron chi connectivity index (χ2n) is 2.91. The number of esters is 1. The lowest BCUT2D eigenvalue weighted by Gasteiger charge is -2.37. The molecule has 1 heterocycles. The molecule has 1 saturated heterocycles. The summed E-state index contributed by atoms with van der Waals surface area (Å²) < 4.78 is 4.90. The van der Waals surface area contributed by atoms with Gasteiger partial charge in [0, 0.05) is 0 Å². The van der Waals surface area contributed by atoms with Gasteiger partial charge in [-0.2, -0.15) is 0 Å². The van der Waals surface area contributed by atoms with Gasteiger partial charge in [0.2, 0.25) is 0 Å². The van der Waals surface area contributed by atoms with Gasteiger partial charge in [0.15, 0.2) is 0 Å². The third kappa shape index (κ3) is 1.01. The van der Waals surface area contributed by atoms with E-state index in [4.69, 9.17) is 4.74 Å². The molecule has 0 aromatic heterocycles. The zero-order valence-corrected chi connectivity index (χ0v) is 6.55. The molecule has 1 aliphatic heterocycles. The molecule has 1 rings (SSSR count). The van der Waals surface area contributed by atoms with Gasteiger partial charge < -0.3 is 10.1 Å². The molecule has 1 N–H and O–H groups in total. The normalized spacial score (nSPS) is 31.8. The molecule has 1 unspecified atom stereocenters. The molecule has 3 heteroatoms. The van der Waals surface area contributed by atoms with E-state index in [1.807, 2.05) is 13.8 Å². The van der Waals surface area contributed by atoms with E-state index in [1.54, 1.807) is 7.05 Å². The van der Waals surface area contributed by atoms with Crippen molar-refractivity contribution in [3.63, 3.8) is 0 Å². The summed E-state index contributed by atoms with van der Waals surface area (Å²) in [6, 6.07) is -0.0694. The topological polar surface area (TPSA) is 38.3 Å². The summed E-state index contributed by atoms with van der Waals surface area (Å²) in [5, 5.41) is 2.91. The molecule has 2 atom stereocenters. The van der Waals surface area contributed by atoms with Gasteiger partial charge in [-0.25, -0.2) is 0 Å². The van der Waals surface area contributed by atoms with Gasteiger partial charge in [-0.05, 0) is 13.0 Å². The van der Waals surface area contributed by atoms with Gasteiger partial charge in [0.1, 0.15) is 12.1 Å². The second-order valence-corrected chi connectivity index (χ2v) is 2.91. The Kier molecular flexibility index (Phi) is 1.94. The van der Waals surface area contributed by atoms with Crippen molar-refractivity contribution in [3.05, 3.63) is 0 Å². The Morgan fingerprint density at radius 2 is 2.20 bits per heavy atom. The van der Waals surface area contributed by atoms with Crippen LogP contribution in [0.1, 0.15) is 13.8 Å². The predicted molar refractivity (Wildman–Crippen MR) is 37.6 cm³/mol.